The fraction of sp³-hybridized carbons (Fsp3) is 0.296. The van der Waals surface area contributed by atoms with Gasteiger partial charge in [-0.15, -0.1) is 0 Å². The van der Waals surface area contributed by atoms with E-state index in [2.05, 4.69) is 60.0 Å². The number of hydrogen-bond donors (Lipinski definition) is 3. The van der Waals surface area contributed by atoms with Crippen molar-refractivity contribution in [1.82, 2.24) is 19.2 Å². The number of anilines is 6. The summed E-state index contributed by atoms with van der Waals surface area (Å²) in [5.41, 5.74) is 2.19. The lowest BCUT2D eigenvalue weighted by molar-refractivity contribution is -0.111. The Bertz CT molecular complexity index is 1520. The predicted octanol–water partition coefficient (Wildman–Crippen LogP) is 3.95. The van der Waals surface area contributed by atoms with Crippen molar-refractivity contribution in [3.8, 4) is 5.75 Å². The first-order valence-corrected chi connectivity index (χ1v) is 15.0. The Morgan fingerprint density at radius 2 is 1.76 bits per heavy atom. The van der Waals surface area contributed by atoms with Gasteiger partial charge in [0.2, 0.25) is 21.9 Å². The lowest BCUT2D eigenvalue weighted by atomic mass is 10.2. The molecule has 1 aromatic heterocycles. The molecule has 0 radical (unpaired) electrons. The van der Waals surface area contributed by atoms with Crippen LogP contribution in [0, 0.1) is 3.57 Å². The zero-order chi connectivity index (χ0) is 30.3. The van der Waals surface area contributed by atoms with Crippen LogP contribution in [0.15, 0.2) is 60.1 Å². The molecular weight excluding hydrogens is 659 g/mol. The lowest BCUT2D eigenvalue weighted by Gasteiger charge is -2.26. The van der Waals surface area contributed by atoms with E-state index in [1.54, 1.807) is 37.6 Å². The van der Waals surface area contributed by atoms with Gasteiger partial charge in [0.25, 0.3) is 0 Å². The minimum Gasteiger partial charge on any atom is -0.494 e. The van der Waals surface area contributed by atoms with Gasteiger partial charge in [-0.2, -0.15) is 4.98 Å². The van der Waals surface area contributed by atoms with E-state index >= 15 is 0 Å². The van der Waals surface area contributed by atoms with E-state index in [9.17, 15) is 13.2 Å². The van der Waals surface area contributed by atoms with Crippen LogP contribution in [0.25, 0.3) is 0 Å². The molecule has 0 spiro atoms. The zero-order valence-electron chi connectivity index (χ0n) is 23.9. The highest BCUT2D eigenvalue weighted by atomic mass is 127. The highest BCUT2D eigenvalue weighted by molar-refractivity contribution is 14.1. The lowest BCUT2D eigenvalue weighted by Crippen LogP contribution is -2.29. The average molecular weight is 695 g/mol. The second-order valence-electron chi connectivity index (χ2n) is 9.41. The van der Waals surface area contributed by atoms with Crippen LogP contribution in [-0.4, -0.2) is 88.9 Å². The summed E-state index contributed by atoms with van der Waals surface area (Å²) in [6, 6.07) is 10.2. The molecule has 3 aromatic rings. The topological polar surface area (TPSA) is 132 Å². The van der Waals surface area contributed by atoms with Crippen LogP contribution in [0.1, 0.15) is 0 Å². The Hall–Kier alpha value is -3.47. The molecule has 0 saturated carbocycles. The number of ether oxygens (including phenoxy) is 1. The maximum atomic E-state index is 12.9. The summed E-state index contributed by atoms with van der Waals surface area (Å²) in [4.78, 5) is 25.5. The molecule has 0 aliphatic rings. The molecule has 0 fully saturated rings. The van der Waals surface area contributed by atoms with Gasteiger partial charge in [-0.25, -0.2) is 17.7 Å². The quantitative estimate of drug-likeness (QED) is 0.179. The van der Waals surface area contributed by atoms with Crippen molar-refractivity contribution in [1.29, 1.82) is 0 Å². The van der Waals surface area contributed by atoms with E-state index in [1.807, 2.05) is 32.1 Å². The minimum atomic E-state index is -3.70. The minimum absolute atomic E-state index is 0.118. The normalized spacial score (nSPS) is 11.3. The molecular formula is C27H35IN8O4S. The second kappa shape index (κ2) is 13.9. The van der Waals surface area contributed by atoms with Gasteiger partial charge in [-0.1, -0.05) is 18.7 Å². The van der Waals surface area contributed by atoms with Crippen molar-refractivity contribution >= 4 is 73.0 Å². The highest BCUT2D eigenvalue weighted by Gasteiger charge is 2.22. The molecule has 3 N–H and O–H groups in total. The van der Waals surface area contributed by atoms with Crippen LogP contribution in [0.2, 0.25) is 0 Å². The molecule has 0 atom stereocenters. The monoisotopic (exact) mass is 694 g/mol. The Morgan fingerprint density at radius 1 is 1.05 bits per heavy atom. The summed E-state index contributed by atoms with van der Waals surface area (Å²) in [7, 11) is 6.73. The van der Waals surface area contributed by atoms with E-state index in [4.69, 9.17) is 4.74 Å². The number of methoxy groups -OCH3 is 1. The van der Waals surface area contributed by atoms with Crippen molar-refractivity contribution in [2.24, 2.45) is 0 Å². The Balaban J connectivity index is 2.00. The number of likely N-dealkylation sites (N-methyl/N-ethyl adjacent to an activating group) is 2. The van der Waals surface area contributed by atoms with Gasteiger partial charge in [-0.3, -0.25) is 4.79 Å². The van der Waals surface area contributed by atoms with Gasteiger partial charge in [0.1, 0.15) is 16.5 Å². The van der Waals surface area contributed by atoms with Crippen molar-refractivity contribution in [3.63, 3.8) is 0 Å². The maximum absolute atomic E-state index is 12.9. The number of hydrogen-bond acceptors (Lipinski definition) is 10. The number of nitrogens with zero attached hydrogens (tertiary/aromatic N) is 5. The molecule has 41 heavy (non-hydrogen) atoms. The molecule has 12 nitrogen and oxygen atoms in total. The standard InChI is InChI=1S/C27H35IN8O4S/c1-8-25(37)30-20-15-21(23(40-7)16-22(20)36(6)14-13-34(2)3)32-27-29-17-18(28)26(33-27)31-19-11-9-10-12-24(19)41(38,39)35(4)5/h8-12,15-17H,1,13-14H2,2-7H3,(H,30,37)(H2,29,31,32,33). The van der Waals surface area contributed by atoms with Crippen LogP contribution >= 0.6 is 22.6 Å². The number of benzene rings is 2. The molecule has 1 heterocycles. The molecule has 2 aromatic carbocycles. The van der Waals surface area contributed by atoms with Crippen LogP contribution in [0.3, 0.4) is 0 Å². The highest BCUT2D eigenvalue weighted by Crippen LogP contribution is 2.38. The molecule has 0 saturated heterocycles. The fourth-order valence-electron chi connectivity index (χ4n) is 3.66. The van der Waals surface area contributed by atoms with Crippen molar-refractivity contribution in [2.45, 2.75) is 4.90 Å². The summed E-state index contributed by atoms with van der Waals surface area (Å²) in [5, 5.41) is 9.17. The van der Waals surface area contributed by atoms with Gasteiger partial charge in [0, 0.05) is 46.5 Å². The number of amides is 1. The molecule has 1 amide bonds. The molecule has 3 rings (SSSR count). The van der Waals surface area contributed by atoms with E-state index in [0.29, 0.717) is 38.7 Å². The van der Waals surface area contributed by atoms with Gasteiger partial charge in [0.05, 0.1) is 33.4 Å². The molecule has 14 heteroatoms. The van der Waals surface area contributed by atoms with Gasteiger partial charge in [0.15, 0.2) is 0 Å². The van der Waals surface area contributed by atoms with Gasteiger partial charge in [-0.05, 0) is 61.0 Å². The Labute approximate surface area is 255 Å². The number of sulfonamides is 1. The Morgan fingerprint density at radius 3 is 2.39 bits per heavy atom. The van der Waals surface area contributed by atoms with Gasteiger partial charge < -0.3 is 30.5 Å². The largest absolute Gasteiger partial charge is 0.494 e. The summed E-state index contributed by atoms with van der Waals surface area (Å²) < 4.78 is 33.2. The number of nitrogens with one attached hydrogen (secondary N) is 3. The van der Waals surface area contributed by atoms with E-state index in [-0.39, 0.29) is 16.8 Å². The molecule has 220 valence electrons. The summed E-state index contributed by atoms with van der Waals surface area (Å²) >= 11 is 2.08. The number of aromatic nitrogens is 2. The predicted molar refractivity (Wildman–Crippen MR) is 172 cm³/mol. The number of carbonyl (C=O) groups is 1. The van der Waals surface area contributed by atoms with Crippen molar-refractivity contribution in [2.75, 3.05) is 76.3 Å². The number of halogens is 1. The van der Waals surface area contributed by atoms with Crippen molar-refractivity contribution < 1.29 is 17.9 Å². The first-order chi connectivity index (χ1) is 19.4. The fourth-order valence-corrected chi connectivity index (χ4v) is 5.10. The maximum Gasteiger partial charge on any atom is 0.247 e. The van der Waals surface area contributed by atoms with Crippen LogP contribution in [0.4, 0.5) is 34.5 Å². The zero-order valence-corrected chi connectivity index (χ0v) is 26.9. The van der Waals surface area contributed by atoms with Crippen molar-refractivity contribution in [3.05, 3.63) is 58.8 Å². The van der Waals surface area contributed by atoms with Gasteiger partial charge >= 0.3 is 0 Å². The third-order valence-electron chi connectivity index (χ3n) is 5.94. The smallest absolute Gasteiger partial charge is 0.247 e. The third-order valence-corrected chi connectivity index (χ3v) is 8.61. The van der Waals surface area contributed by atoms with E-state index in [1.165, 1.54) is 26.2 Å². The molecule has 0 aliphatic heterocycles. The molecule has 0 unspecified atom stereocenters. The second-order valence-corrected chi connectivity index (χ2v) is 12.7. The van der Waals surface area contributed by atoms with Crippen LogP contribution < -0.4 is 25.6 Å². The number of rotatable bonds is 13. The summed E-state index contributed by atoms with van der Waals surface area (Å²) in [6.45, 7) is 5.07. The first kappa shape index (κ1) is 32.0. The SMILES string of the molecule is C=CC(=O)Nc1cc(Nc2ncc(I)c(Nc3ccccc3S(=O)(=O)N(C)C)n2)c(OC)cc1N(C)CCN(C)C. The van der Waals surface area contributed by atoms with Crippen LogP contribution in [-0.2, 0) is 14.8 Å². The number of para-hydroxylation sites is 1. The molecule has 0 aliphatic carbocycles. The first-order valence-electron chi connectivity index (χ1n) is 12.5. The third kappa shape index (κ3) is 8.06. The Kier molecular flexibility index (Phi) is 10.9. The van der Waals surface area contributed by atoms with Crippen LogP contribution in [0.5, 0.6) is 5.75 Å². The summed E-state index contributed by atoms with van der Waals surface area (Å²) in [6.07, 6.45) is 2.81. The van der Waals surface area contributed by atoms with E-state index < -0.39 is 10.0 Å². The summed E-state index contributed by atoms with van der Waals surface area (Å²) in [5.74, 6) is 0.789. The number of carbonyl (C=O) groups excluding carboxylic acids is 1. The molecule has 0 bridgehead atoms. The van der Waals surface area contributed by atoms with E-state index in [0.717, 1.165) is 16.5 Å². The average Bonchev–Trinajstić information content (AvgIpc) is 2.93.